The Labute approximate surface area is 216 Å². The standard InChI is InChI=1S/C30H42N4O2/c1-4-21(2)28(32-29(35)22(3)31)30(36)34-19-26(24-13-9-6-10-14-24)17-27(34)20-33-16-15-25(18-33)23-11-7-5-8-12-23/h5-14,21-22,25-28H,4,15-20,31H2,1-3H3,(H,32,35)/t21-,22?,25?,26-,27-,28+/m0/s1. The van der Waals surface area contributed by atoms with Gasteiger partial charge < -0.3 is 20.9 Å². The van der Waals surface area contributed by atoms with E-state index in [9.17, 15) is 9.59 Å². The van der Waals surface area contributed by atoms with Gasteiger partial charge in [-0.25, -0.2) is 0 Å². The Balaban J connectivity index is 1.52. The zero-order valence-electron chi connectivity index (χ0n) is 22.0. The number of carbonyl (C=O) groups excluding carboxylic acids is 2. The predicted octanol–water partition coefficient (Wildman–Crippen LogP) is 3.74. The lowest BCUT2D eigenvalue weighted by Gasteiger charge is -2.34. The maximum Gasteiger partial charge on any atom is 0.245 e. The molecule has 2 aromatic rings. The Morgan fingerprint density at radius 1 is 0.972 bits per heavy atom. The van der Waals surface area contributed by atoms with Crippen molar-refractivity contribution in [1.29, 1.82) is 0 Å². The molecule has 6 nitrogen and oxygen atoms in total. The molecule has 194 valence electrons. The lowest BCUT2D eigenvalue weighted by Crippen LogP contribution is -2.56. The second-order valence-corrected chi connectivity index (χ2v) is 10.8. The first kappa shape index (κ1) is 26.4. The smallest absolute Gasteiger partial charge is 0.245 e. The first-order chi connectivity index (χ1) is 17.4. The minimum Gasteiger partial charge on any atom is -0.343 e. The van der Waals surface area contributed by atoms with Crippen LogP contribution in [0.15, 0.2) is 60.7 Å². The molecular weight excluding hydrogens is 448 g/mol. The van der Waals surface area contributed by atoms with Crippen molar-refractivity contribution in [2.75, 3.05) is 26.2 Å². The van der Waals surface area contributed by atoms with Crippen LogP contribution in [0.4, 0.5) is 0 Å². The van der Waals surface area contributed by atoms with Gasteiger partial charge >= 0.3 is 0 Å². The molecule has 0 aromatic heterocycles. The fourth-order valence-corrected chi connectivity index (χ4v) is 5.77. The lowest BCUT2D eigenvalue weighted by molar-refractivity contribution is -0.139. The van der Waals surface area contributed by atoms with E-state index < -0.39 is 12.1 Å². The highest BCUT2D eigenvalue weighted by Gasteiger charge is 2.41. The van der Waals surface area contributed by atoms with Crippen LogP contribution in [0, 0.1) is 5.92 Å². The Morgan fingerprint density at radius 3 is 2.17 bits per heavy atom. The molecule has 6 heteroatoms. The number of hydrogen-bond donors (Lipinski definition) is 2. The number of hydrogen-bond acceptors (Lipinski definition) is 4. The van der Waals surface area contributed by atoms with Crippen molar-refractivity contribution in [2.45, 2.75) is 70.0 Å². The number of rotatable bonds is 9. The number of nitrogens with zero attached hydrogens (tertiary/aromatic N) is 2. The van der Waals surface area contributed by atoms with E-state index in [1.54, 1.807) is 6.92 Å². The van der Waals surface area contributed by atoms with E-state index in [-0.39, 0.29) is 23.8 Å². The van der Waals surface area contributed by atoms with Gasteiger partial charge in [-0.15, -0.1) is 0 Å². The fraction of sp³-hybridized carbons (Fsp3) is 0.533. The summed E-state index contributed by atoms with van der Waals surface area (Å²) in [5.74, 6) is 0.634. The topological polar surface area (TPSA) is 78.7 Å². The summed E-state index contributed by atoms with van der Waals surface area (Å²) >= 11 is 0. The lowest BCUT2D eigenvalue weighted by atomic mass is 9.96. The molecule has 4 rings (SSSR count). The third-order valence-electron chi connectivity index (χ3n) is 8.17. The van der Waals surface area contributed by atoms with Crippen molar-refractivity contribution in [3.8, 4) is 0 Å². The van der Waals surface area contributed by atoms with Crippen molar-refractivity contribution in [1.82, 2.24) is 15.1 Å². The van der Waals surface area contributed by atoms with Gasteiger partial charge in [-0.2, -0.15) is 0 Å². The summed E-state index contributed by atoms with van der Waals surface area (Å²) in [6, 6.07) is 20.2. The van der Waals surface area contributed by atoms with E-state index in [1.165, 1.54) is 11.1 Å². The maximum absolute atomic E-state index is 14.0. The van der Waals surface area contributed by atoms with E-state index in [0.29, 0.717) is 18.4 Å². The molecule has 3 N–H and O–H groups in total. The Bertz CT molecular complexity index is 997. The average molecular weight is 491 g/mol. The molecule has 2 saturated heterocycles. The van der Waals surface area contributed by atoms with Gasteiger partial charge in [0.05, 0.1) is 6.04 Å². The maximum atomic E-state index is 14.0. The molecule has 2 aliphatic heterocycles. The molecule has 6 atom stereocenters. The third kappa shape index (κ3) is 6.16. The van der Waals surface area contributed by atoms with E-state index in [2.05, 4.69) is 76.6 Å². The molecule has 2 heterocycles. The van der Waals surface area contributed by atoms with Crippen LogP contribution < -0.4 is 11.1 Å². The molecule has 36 heavy (non-hydrogen) atoms. The van der Waals surface area contributed by atoms with Gasteiger partial charge in [0.15, 0.2) is 0 Å². The Kier molecular flexibility index (Phi) is 8.81. The van der Waals surface area contributed by atoms with Gasteiger partial charge in [-0.3, -0.25) is 9.59 Å². The van der Waals surface area contributed by atoms with E-state index in [4.69, 9.17) is 5.73 Å². The number of likely N-dealkylation sites (tertiary alicyclic amines) is 2. The Morgan fingerprint density at radius 2 is 1.58 bits per heavy atom. The second kappa shape index (κ2) is 12.0. The zero-order chi connectivity index (χ0) is 25.7. The highest BCUT2D eigenvalue weighted by molar-refractivity contribution is 5.90. The van der Waals surface area contributed by atoms with E-state index in [1.807, 2.05) is 13.0 Å². The van der Waals surface area contributed by atoms with Gasteiger partial charge in [-0.1, -0.05) is 80.9 Å². The molecule has 0 spiro atoms. The van der Waals surface area contributed by atoms with Crippen LogP contribution in [-0.4, -0.2) is 65.9 Å². The van der Waals surface area contributed by atoms with Crippen molar-refractivity contribution >= 4 is 11.8 Å². The zero-order valence-corrected chi connectivity index (χ0v) is 22.0. The van der Waals surface area contributed by atoms with Gasteiger partial charge in [0.1, 0.15) is 6.04 Å². The fourth-order valence-electron chi connectivity index (χ4n) is 5.77. The van der Waals surface area contributed by atoms with Crippen LogP contribution in [0.3, 0.4) is 0 Å². The van der Waals surface area contributed by atoms with Crippen LogP contribution in [0.1, 0.15) is 63.0 Å². The largest absolute Gasteiger partial charge is 0.343 e. The minimum atomic E-state index is -0.643. The number of nitrogens with two attached hydrogens (primary N) is 1. The first-order valence-corrected chi connectivity index (χ1v) is 13.6. The van der Waals surface area contributed by atoms with Crippen molar-refractivity contribution in [3.63, 3.8) is 0 Å². The molecule has 2 aromatic carbocycles. The average Bonchev–Trinajstić information content (AvgIpc) is 3.55. The minimum absolute atomic E-state index is 0.0283. The highest BCUT2D eigenvalue weighted by atomic mass is 16.2. The number of benzene rings is 2. The molecule has 2 amide bonds. The van der Waals surface area contributed by atoms with Gasteiger partial charge in [0, 0.05) is 31.6 Å². The SMILES string of the molecule is CC[C@H](C)[C@@H](NC(=O)C(C)N)C(=O)N1C[C@@H](c2ccccc2)C[C@H]1CN1CCC(c2ccccc2)C1. The normalized spacial score (nSPS) is 24.9. The van der Waals surface area contributed by atoms with Crippen molar-refractivity contribution in [3.05, 3.63) is 71.8 Å². The molecule has 2 unspecified atom stereocenters. The second-order valence-electron chi connectivity index (χ2n) is 10.8. The summed E-state index contributed by atoms with van der Waals surface area (Å²) < 4.78 is 0. The first-order valence-electron chi connectivity index (χ1n) is 13.6. The summed E-state index contributed by atoms with van der Waals surface area (Å²) in [6.45, 7) is 9.38. The van der Waals surface area contributed by atoms with Crippen LogP contribution in [0.25, 0.3) is 0 Å². The summed E-state index contributed by atoms with van der Waals surface area (Å²) in [4.78, 5) is 31.1. The van der Waals surface area contributed by atoms with Gasteiger partial charge in [0.25, 0.3) is 0 Å². The molecule has 2 fully saturated rings. The number of carbonyl (C=O) groups is 2. The van der Waals surface area contributed by atoms with Gasteiger partial charge in [-0.05, 0) is 49.3 Å². The molecule has 2 aliphatic rings. The molecule has 0 bridgehead atoms. The molecular formula is C30H42N4O2. The van der Waals surface area contributed by atoms with Crippen LogP contribution in [-0.2, 0) is 9.59 Å². The molecule has 0 radical (unpaired) electrons. The van der Waals surface area contributed by atoms with Crippen molar-refractivity contribution in [2.24, 2.45) is 11.7 Å². The van der Waals surface area contributed by atoms with E-state index >= 15 is 0 Å². The predicted molar refractivity (Wildman–Crippen MR) is 145 cm³/mol. The van der Waals surface area contributed by atoms with E-state index in [0.717, 1.165) is 38.9 Å². The van der Waals surface area contributed by atoms with Crippen LogP contribution in [0.5, 0.6) is 0 Å². The summed E-state index contributed by atoms with van der Waals surface area (Å²) in [7, 11) is 0. The Hall–Kier alpha value is -2.70. The van der Waals surface area contributed by atoms with Gasteiger partial charge in [0.2, 0.25) is 11.8 Å². The number of nitrogens with one attached hydrogen (secondary N) is 1. The van der Waals surface area contributed by atoms with Crippen LogP contribution >= 0.6 is 0 Å². The quantitative estimate of drug-likeness (QED) is 0.561. The summed E-state index contributed by atoms with van der Waals surface area (Å²) in [5.41, 5.74) is 8.51. The highest BCUT2D eigenvalue weighted by Crippen LogP contribution is 2.35. The summed E-state index contributed by atoms with van der Waals surface area (Å²) in [5, 5.41) is 2.97. The summed E-state index contributed by atoms with van der Waals surface area (Å²) in [6.07, 6.45) is 2.89. The molecule has 0 saturated carbocycles. The third-order valence-corrected chi connectivity index (χ3v) is 8.17. The number of amides is 2. The monoisotopic (exact) mass is 490 g/mol. The van der Waals surface area contributed by atoms with Crippen molar-refractivity contribution < 1.29 is 9.59 Å². The van der Waals surface area contributed by atoms with Crippen LogP contribution in [0.2, 0.25) is 0 Å². The molecule has 0 aliphatic carbocycles.